The monoisotopic (exact) mass is 368 g/mol. The summed E-state index contributed by atoms with van der Waals surface area (Å²) in [6.45, 7) is 3.29. The number of nitrogens with zero attached hydrogens (tertiary/aromatic N) is 2. The Morgan fingerprint density at radius 3 is 2.62 bits per heavy atom. The molecule has 0 fully saturated rings. The van der Waals surface area contributed by atoms with Crippen LogP contribution in [0.1, 0.15) is 11.1 Å². The third-order valence-corrected chi connectivity index (χ3v) is 5.13. The average molecular weight is 369 g/mol. The lowest BCUT2D eigenvalue weighted by Gasteiger charge is -2.25. The zero-order valence-corrected chi connectivity index (χ0v) is 16.0. The van der Waals surface area contributed by atoms with E-state index in [1.54, 1.807) is 26.2 Å². The van der Waals surface area contributed by atoms with Crippen LogP contribution in [-0.4, -0.2) is 36.7 Å². The number of hydrogen-bond donors (Lipinski definition) is 0. The maximum Gasteiger partial charge on any atom is 0.0850 e. The van der Waals surface area contributed by atoms with Gasteiger partial charge in [-0.3, -0.25) is 4.98 Å². The highest BCUT2D eigenvalue weighted by atomic mass is 32.2. The number of benzene rings is 2. The van der Waals surface area contributed by atoms with Gasteiger partial charge in [0.05, 0.1) is 18.7 Å². The van der Waals surface area contributed by atoms with E-state index in [1.165, 1.54) is 21.4 Å². The molecule has 0 amide bonds. The largest absolute Gasteiger partial charge is 0.388 e. The molecule has 3 aromatic rings. The number of para-hydroxylation sites is 1. The van der Waals surface area contributed by atoms with Gasteiger partial charge >= 0.3 is 0 Å². The summed E-state index contributed by atoms with van der Waals surface area (Å²) in [5.74, 6) is 0. The molecule has 0 radical (unpaired) electrons. The van der Waals surface area contributed by atoms with Crippen molar-refractivity contribution in [3.05, 3.63) is 71.9 Å². The number of pyridine rings is 1. The predicted octanol–water partition coefficient (Wildman–Crippen LogP) is 4.54. The molecule has 1 aliphatic heterocycles. The van der Waals surface area contributed by atoms with Gasteiger partial charge in [0.2, 0.25) is 0 Å². The fourth-order valence-electron chi connectivity index (χ4n) is 2.84. The van der Waals surface area contributed by atoms with Gasteiger partial charge in [-0.2, -0.15) is 0 Å². The van der Waals surface area contributed by atoms with Crippen LogP contribution in [0, 0.1) is 0 Å². The van der Waals surface area contributed by atoms with Crippen molar-refractivity contribution in [1.29, 1.82) is 0 Å². The standard InChI is InChI=1S/C19H18N2OS.C2H6O/c1-2-6-17-14-22-12-11-21(13-16(17)5-1)23-18-9-3-7-15-8-4-10-20-19(15)18;1-3-2/h1-10H,11-14H2;1-2H3. The molecule has 0 saturated heterocycles. The van der Waals surface area contributed by atoms with Crippen molar-refractivity contribution in [3.63, 3.8) is 0 Å². The molecule has 1 aromatic heterocycles. The minimum absolute atomic E-state index is 0.713. The van der Waals surface area contributed by atoms with E-state index in [-0.39, 0.29) is 0 Å². The molecule has 2 aromatic carbocycles. The lowest BCUT2D eigenvalue weighted by Crippen LogP contribution is -2.24. The van der Waals surface area contributed by atoms with Crippen molar-refractivity contribution in [3.8, 4) is 0 Å². The first kappa shape index (κ1) is 18.9. The van der Waals surface area contributed by atoms with Gasteiger partial charge < -0.3 is 9.47 Å². The van der Waals surface area contributed by atoms with E-state index in [0.717, 1.165) is 25.2 Å². The first-order valence-electron chi connectivity index (χ1n) is 8.63. The Hall–Kier alpha value is -1.92. The van der Waals surface area contributed by atoms with E-state index in [9.17, 15) is 0 Å². The first-order chi connectivity index (χ1) is 12.8. The van der Waals surface area contributed by atoms with E-state index in [0.29, 0.717) is 6.61 Å². The second kappa shape index (κ2) is 9.69. The minimum atomic E-state index is 0.713. The predicted molar refractivity (Wildman–Crippen MR) is 107 cm³/mol. The molecular formula is C21H24N2O2S. The van der Waals surface area contributed by atoms with Gasteiger partial charge in [-0.15, -0.1) is 0 Å². The summed E-state index contributed by atoms with van der Waals surface area (Å²) in [6, 6.07) is 19.0. The van der Waals surface area contributed by atoms with E-state index < -0.39 is 0 Å². The third kappa shape index (κ3) is 4.83. The van der Waals surface area contributed by atoms with Gasteiger partial charge in [0.1, 0.15) is 0 Å². The molecule has 2 heterocycles. The SMILES string of the molecule is COC.c1ccc2c(c1)COCCN(Sc1cccc3cccnc13)C2. The lowest BCUT2D eigenvalue weighted by atomic mass is 10.1. The lowest BCUT2D eigenvalue weighted by molar-refractivity contribution is 0.104. The number of hydrogen-bond acceptors (Lipinski definition) is 5. The molecule has 26 heavy (non-hydrogen) atoms. The molecular weight excluding hydrogens is 344 g/mol. The van der Waals surface area contributed by atoms with Gasteiger partial charge in [0, 0.05) is 43.8 Å². The number of fused-ring (bicyclic) bond motifs is 2. The zero-order valence-electron chi connectivity index (χ0n) is 15.2. The van der Waals surface area contributed by atoms with Gasteiger partial charge in [0.15, 0.2) is 0 Å². The Morgan fingerprint density at radius 2 is 1.77 bits per heavy atom. The van der Waals surface area contributed by atoms with Crippen LogP contribution in [0.15, 0.2) is 65.7 Å². The van der Waals surface area contributed by atoms with Crippen molar-refractivity contribution < 1.29 is 9.47 Å². The average Bonchev–Trinajstić information content (AvgIpc) is 2.65. The number of aromatic nitrogens is 1. The van der Waals surface area contributed by atoms with E-state index in [2.05, 4.69) is 62.6 Å². The van der Waals surface area contributed by atoms with Crippen LogP contribution in [0.25, 0.3) is 10.9 Å². The summed E-state index contributed by atoms with van der Waals surface area (Å²) in [5, 5.41) is 1.18. The Labute approximate surface area is 159 Å². The van der Waals surface area contributed by atoms with Crippen molar-refractivity contribution in [2.75, 3.05) is 27.4 Å². The first-order valence-corrected chi connectivity index (χ1v) is 9.40. The molecule has 0 unspecified atom stereocenters. The zero-order chi connectivity index (χ0) is 18.2. The Bertz CT molecular complexity index is 836. The van der Waals surface area contributed by atoms with Crippen LogP contribution in [0.4, 0.5) is 0 Å². The molecule has 0 atom stereocenters. The van der Waals surface area contributed by atoms with Gasteiger partial charge in [-0.25, -0.2) is 4.31 Å². The van der Waals surface area contributed by atoms with Crippen molar-refractivity contribution in [1.82, 2.24) is 9.29 Å². The van der Waals surface area contributed by atoms with E-state index in [4.69, 9.17) is 4.74 Å². The minimum Gasteiger partial charge on any atom is -0.388 e. The summed E-state index contributed by atoms with van der Waals surface area (Å²) in [5.41, 5.74) is 3.69. The van der Waals surface area contributed by atoms with Crippen molar-refractivity contribution in [2.24, 2.45) is 0 Å². The van der Waals surface area contributed by atoms with Gasteiger partial charge in [-0.05, 0) is 35.2 Å². The fourth-order valence-corrected chi connectivity index (χ4v) is 3.88. The van der Waals surface area contributed by atoms with Gasteiger partial charge in [0.25, 0.3) is 0 Å². The molecule has 4 rings (SSSR count). The topological polar surface area (TPSA) is 34.6 Å². The second-order valence-electron chi connectivity index (χ2n) is 6.02. The van der Waals surface area contributed by atoms with Crippen LogP contribution in [0.2, 0.25) is 0 Å². The van der Waals surface area contributed by atoms with Crippen LogP contribution < -0.4 is 0 Å². The normalized spacial score (nSPS) is 14.7. The molecule has 4 nitrogen and oxygen atoms in total. The highest BCUT2D eigenvalue weighted by Gasteiger charge is 2.15. The Morgan fingerprint density at radius 1 is 1.00 bits per heavy atom. The van der Waals surface area contributed by atoms with Gasteiger partial charge in [-0.1, -0.05) is 42.5 Å². The summed E-state index contributed by atoms with van der Waals surface area (Å²) >= 11 is 1.77. The van der Waals surface area contributed by atoms with E-state index in [1.807, 2.05) is 12.3 Å². The van der Waals surface area contributed by atoms with Crippen molar-refractivity contribution >= 4 is 22.9 Å². The summed E-state index contributed by atoms with van der Waals surface area (Å²) in [7, 11) is 3.25. The smallest absolute Gasteiger partial charge is 0.0850 e. The molecule has 0 N–H and O–H groups in total. The molecule has 0 saturated carbocycles. The molecule has 1 aliphatic rings. The Kier molecular flexibility index (Phi) is 7.03. The van der Waals surface area contributed by atoms with Crippen molar-refractivity contribution in [2.45, 2.75) is 18.0 Å². The highest BCUT2D eigenvalue weighted by molar-refractivity contribution is 7.97. The third-order valence-electron chi connectivity index (χ3n) is 4.03. The number of ether oxygens (including phenoxy) is 2. The van der Waals surface area contributed by atoms with E-state index >= 15 is 0 Å². The molecule has 0 bridgehead atoms. The molecule has 5 heteroatoms. The maximum absolute atomic E-state index is 5.79. The highest BCUT2D eigenvalue weighted by Crippen LogP contribution is 2.31. The Balaban J connectivity index is 0.000000613. The molecule has 0 spiro atoms. The summed E-state index contributed by atoms with van der Waals surface area (Å²) in [4.78, 5) is 5.75. The van der Waals surface area contributed by atoms with Crippen LogP contribution in [0.3, 0.4) is 0 Å². The second-order valence-corrected chi connectivity index (χ2v) is 7.15. The van der Waals surface area contributed by atoms with Crippen LogP contribution in [-0.2, 0) is 22.6 Å². The van der Waals surface area contributed by atoms with Crippen LogP contribution in [0.5, 0.6) is 0 Å². The number of rotatable bonds is 2. The molecule has 136 valence electrons. The fraction of sp³-hybridized carbons (Fsp3) is 0.286. The summed E-state index contributed by atoms with van der Waals surface area (Å²) < 4.78 is 12.4. The molecule has 0 aliphatic carbocycles. The quantitative estimate of drug-likeness (QED) is 0.621. The maximum atomic E-state index is 5.79. The summed E-state index contributed by atoms with van der Waals surface area (Å²) in [6.07, 6.45) is 1.86. The van der Waals surface area contributed by atoms with Crippen LogP contribution >= 0.6 is 11.9 Å². The number of methoxy groups -OCH3 is 1.